The maximum Gasteiger partial charge on any atom is 0.139 e. The molecule has 1 fully saturated rings. The van der Waals surface area contributed by atoms with Crippen LogP contribution in [0.15, 0.2) is 12.1 Å². The molecule has 1 unspecified atom stereocenters. The summed E-state index contributed by atoms with van der Waals surface area (Å²) in [6, 6.07) is 3.82. The molecule has 1 N–H and O–H groups in total. The molecule has 0 radical (unpaired) electrons. The number of carbonyl (C=O) groups excluding carboxylic acids is 1. The van der Waals surface area contributed by atoms with Crippen molar-refractivity contribution in [2.45, 2.75) is 25.7 Å². The van der Waals surface area contributed by atoms with Crippen molar-refractivity contribution in [3.63, 3.8) is 0 Å². The van der Waals surface area contributed by atoms with E-state index in [1.165, 1.54) is 24.2 Å². The van der Waals surface area contributed by atoms with Gasteiger partial charge in [0, 0.05) is 11.4 Å². The first-order chi connectivity index (χ1) is 7.66. The van der Waals surface area contributed by atoms with Crippen LogP contribution in [-0.4, -0.2) is 18.9 Å². The third-order valence-corrected chi connectivity index (χ3v) is 4.25. The zero-order chi connectivity index (χ0) is 11.5. The van der Waals surface area contributed by atoms with Crippen LogP contribution in [0.25, 0.3) is 0 Å². The Morgan fingerprint density at radius 3 is 2.88 bits per heavy atom. The Morgan fingerprint density at radius 1 is 1.62 bits per heavy atom. The van der Waals surface area contributed by atoms with Gasteiger partial charge in [0.25, 0.3) is 0 Å². The fourth-order valence-corrected chi connectivity index (χ4v) is 2.93. The van der Waals surface area contributed by atoms with Crippen LogP contribution in [0, 0.1) is 5.92 Å². The molecule has 0 amide bonds. The third-order valence-electron chi connectivity index (χ3n) is 2.91. The standard InChI is InChI=1S/C12H16ClNOS/c1-8(15)10(7-14-6-9-2-3-9)11-4-5-12(13)16-11/h4-5,9-10,14H,2-3,6-7H2,1H3. The van der Waals surface area contributed by atoms with Crippen LogP contribution in [0.4, 0.5) is 0 Å². The number of thiophene rings is 1. The van der Waals surface area contributed by atoms with Gasteiger partial charge in [-0.1, -0.05) is 11.6 Å². The van der Waals surface area contributed by atoms with Gasteiger partial charge in [-0.15, -0.1) is 11.3 Å². The summed E-state index contributed by atoms with van der Waals surface area (Å²) in [6.07, 6.45) is 2.67. The number of ketones is 1. The summed E-state index contributed by atoms with van der Waals surface area (Å²) in [5, 5.41) is 3.38. The van der Waals surface area contributed by atoms with Gasteiger partial charge in [-0.3, -0.25) is 4.79 Å². The van der Waals surface area contributed by atoms with Crippen molar-refractivity contribution in [2.75, 3.05) is 13.1 Å². The van der Waals surface area contributed by atoms with E-state index in [4.69, 9.17) is 11.6 Å². The average Bonchev–Trinajstić information content (AvgIpc) is 2.95. The number of rotatable bonds is 6. The zero-order valence-electron chi connectivity index (χ0n) is 9.33. The van der Waals surface area contributed by atoms with Gasteiger partial charge in [-0.25, -0.2) is 0 Å². The molecular weight excluding hydrogens is 242 g/mol. The maximum absolute atomic E-state index is 11.6. The van der Waals surface area contributed by atoms with Crippen LogP contribution in [0.5, 0.6) is 0 Å². The fourth-order valence-electron chi connectivity index (χ4n) is 1.71. The van der Waals surface area contributed by atoms with Gasteiger partial charge in [0.1, 0.15) is 5.78 Å². The molecular formula is C12H16ClNOS. The summed E-state index contributed by atoms with van der Waals surface area (Å²) in [5.74, 6) is 1.03. The topological polar surface area (TPSA) is 29.1 Å². The van der Waals surface area contributed by atoms with Crippen LogP contribution < -0.4 is 5.32 Å². The highest BCUT2D eigenvalue weighted by atomic mass is 35.5. The summed E-state index contributed by atoms with van der Waals surface area (Å²) in [6.45, 7) is 3.43. The molecule has 0 spiro atoms. The normalized spacial score (nSPS) is 17.4. The molecule has 1 saturated carbocycles. The van der Waals surface area contributed by atoms with E-state index in [0.717, 1.165) is 28.2 Å². The number of carbonyl (C=O) groups is 1. The van der Waals surface area contributed by atoms with Gasteiger partial charge in [-0.05, 0) is 44.4 Å². The first-order valence-electron chi connectivity index (χ1n) is 5.63. The second-order valence-electron chi connectivity index (χ2n) is 4.41. The molecule has 1 atom stereocenters. The molecule has 0 saturated heterocycles. The Labute approximate surface area is 105 Å². The Hall–Kier alpha value is -0.380. The molecule has 2 nitrogen and oxygen atoms in total. The lowest BCUT2D eigenvalue weighted by Gasteiger charge is -2.12. The minimum absolute atomic E-state index is 0.0313. The van der Waals surface area contributed by atoms with Crippen LogP contribution in [0.2, 0.25) is 4.34 Å². The molecule has 2 rings (SSSR count). The van der Waals surface area contributed by atoms with E-state index in [0.29, 0.717) is 0 Å². The van der Waals surface area contributed by atoms with Gasteiger partial charge < -0.3 is 5.32 Å². The van der Waals surface area contributed by atoms with Crippen molar-refractivity contribution in [3.05, 3.63) is 21.3 Å². The average molecular weight is 258 g/mol. The van der Waals surface area contributed by atoms with Crippen LogP contribution in [0.3, 0.4) is 0 Å². The number of hydrogen-bond donors (Lipinski definition) is 1. The van der Waals surface area contributed by atoms with E-state index < -0.39 is 0 Å². The number of hydrogen-bond acceptors (Lipinski definition) is 3. The molecule has 0 aliphatic heterocycles. The lowest BCUT2D eigenvalue weighted by atomic mass is 10.0. The second kappa shape index (κ2) is 5.30. The van der Waals surface area contributed by atoms with E-state index in [1.54, 1.807) is 6.92 Å². The van der Waals surface area contributed by atoms with E-state index in [9.17, 15) is 4.79 Å². The lowest BCUT2D eigenvalue weighted by Crippen LogP contribution is -2.26. The fraction of sp³-hybridized carbons (Fsp3) is 0.583. The van der Waals surface area contributed by atoms with Gasteiger partial charge in [-0.2, -0.15) is 0 Å². The Kier molecular flexibility index (Phi) is 4.00. The van der Waals surface area contributed by atoms with E-state index >= 15 is 0 Å². The number of nitrogens with one attached hydrogen (secondary N) is 1. The Balaban J connectivity index is 1.90. The highest BCUT2D eigenvalue weighted by molar-refractivity contribution is 7.16. The minimum Gasteiger partial charge on any atom is -0.315 e. The summed E-state index contributed by atoms with van der Waals surface area (Å²) in [4.78, 5) is 12.6. The maximum atomic E-state index is 11.6. The van der Waals surface area contributed by atoms with Crippen LogP contribution >= 0.6 is 22.9 Å². The summed E-state index contributed by atoms with van der Waals surface area (Å²) in [5.41, 5.74) is 0. The highest BCUT2D eigenvalue weighted by Gasteiger charge is 2.23. The molecule has 1 heterocycles. The molecule has 1 aliphatic rings. The summed E-state index contributed by atoms with van der Waals surface area (Å²) in [7, 11) is 0. The molecule has 0 bridgehead atoms. The molecule has 88 valence electrons. The van der Waals surface area contributed by atoms with Crippen LogP contribution in [-0.2, 0) is 4.79 Å². The summed E-state index contributed by atoms with van der Waals surface area (Å²) >= 11 is 7.39. The van der Waals surface area contributed by atoms with Crippen molar-refractivity contribution in [1.29, 1.82) is 0 Å². The van der Waals surface area contributed by atoms with Gasteiger partial charge in [0.15, 0.2) is 0 Å². The first kappa shape index (κ1) is 12.1. The van der Waals surface area contributed by atoms with E-state index in [-0.39, 0.29) is 11.7 Å². The highest BCUT2D eigenvalue weighted by Crippen LogP contribution is 2.30. The number of Topliss-reactive ketones (excluding diaryl/α,β-unsaturated/α-hetero) is 1. The number of halogens is 1. The predicted molar refractivity (Wildman–Crippen MR) is 68.3 cm³/mol. The van der Waals surface area contributed by atoms with Crippen LogP contribution in [0.1, 0.15) is 30.6 Å². The van der Waals surface area contributed by atoms with Crippen molar-refractivity contribution < 1.29 is 4.79 Å². The van der Waals surface area contributed by atoms with E-state index in [2.05, 4.69) is 5.32 Å². The second-order valence-corrected chi connectivity index (χ2v) is 6.15. The third kappa shape index (κ3) is 3.30. The first-order valence-corrected chi connectivity index (χ1v) is 6.82. The van der Waals surface area contributed by atoms with Crippen molar-refractivity contribution in [3.8, 4) is 0 Å². The predicted octanol–water partition coefficient (Wildman–Crippen LogP) is 3.07. The zero-order valence-corrected chi connectivity index (χ0v) is 10.9. The van der Waals surface area contributed by atoms with Crippen molar-refractivity contribution in [1.82, 2.24) is 5.32 Å². The Bertz CT molecular complexity index is 373. The lowest BCUT2D eigenvalue weighted by molar-refractivity contribution is -0.118. The Morgan fingerprint density at radius 2 is 2.38 bits per heavy atom. The SMILES string of the molecule is CC(=O)C(CNCC1CC1)c1ccc(Cl)s1. The molecule has 1 aromatic heterocycles. The molecule has 1 aliphatic carbocycles. The molecule has 16 heavy (non-hydrogen) atoms. The van der Waals surface area contributed by atoms with Gasteiger partial charge >= 0.3 is 0 Å². The molecule has 1 aromatic rings. The van der Waals surface area contributed by atoms with Gasteiger partial charge in [0.05, 0.1) is 10.3 Å². The quantitative estimate of drug-likeness (QED) is 0.849. The molecule has 0 aromatic carbocycles. The molecule has 4 heteroatoms. The van der Waals surface area contributed by atoms with Gasteiger partial charge in [0.2, 0.25) is 0 Å². The monoisotopic (exact) mass is 257 g/mol. The minimum atomic E-state index is -0.0313. The van der Waals surface area contributed by atoms with E-state index in [1.807, 2.05) is 12.1 Å². The summed E-state index contributed by atoms with van der Waals surface area (Å²) < 4.78 is 0.753. The van der Waals surface area contributed by atoms with Crippen molar-refractivity contribution in [2.24, 2.45) is 5.92 Å². The largest absolute Gasteiger partial charge is 0.315 e. The van der Waals surface area contributed by atoms with Crippen molar-refractivity contribution >= 4 is 28.7 Å². The smallest absolute Gasteiger partial charge is 0.139 e.